The molecule has 1 aromatic carbocycles. The summed E-state index contributed by atoms with van der Waals surface area (Å²) in [4.78, 5) is 17.0. The summed E-state index contributed by atoms with van der Waals surface area (Å²) >= 11 is 3.31. The van der Waals surface area contributed by atoms with Crippen LogP contribution in [0.15, 0.2) is 33.9 Å². The van der Waals surface area contributed by atoms with Crippen LogP contribution in [-0.2, 0) is 13.6 Å². The SMILES string of the molecule is COc1ccc(OC)c(Cn2cnc3c(c(Br)nn3C)c2=O)c1. The van der Waals surface area contributed by atoms with Crippen LogP contribution in [0.4, 0.5) is 0 Å². The van der Waals surface area contributed by atoms with Gasteiger partial charge in [-0.2, -0.15) is 5.10 Å². The highest BCUT2D eigenvalue weighted by Crippen LogP contribution is 2.25. The van der Waals surface area contributed by atoms with Gasteiger partial charge in [0.1, 0.15) is 27.8 Å². The molecule has 23 heavy (non-hydrogen) atoms. The predicted octanol–water partition coefficient (Wildman–Crippen LogP) is 1.96. The number of fused-ring (bicyclic) bond motifs is 1. The fourth-order valence-corrected chi connectivity index (χ4v) is 3.02. The lowest BCUT2D eigenvalue weighted by atomic mass is 10.2. The van der Waals surface area contributed by atoms with Gasteiger partial charge in [-0.15, -0.1) is 0 Å². The third kappa shape index (κ3) is 2.70. The second-order valence-corrected chi connectivity index (χ2v) is 5.72. The summed E-state index contributed by atoms with van der Waals surface area (Å²) in [5, 5.41) is 4.63. The van der Waals surface area contributed by atoms with E-state index in [2.05, 4.69) is 26.0 Å². The van der Waals surface area contributed by atoms with Crippen molar-refractivity contribution in [1.82, 2.24) is 19.3 Å². The van der Waals surface area contributed by atoms with Gasteiger partial charge in [-0.05, 0) is 34.1 Å². The van der Waals surface area contributed by atoms with Gasteiger partial charge in [-0.25, -0.2) is 9.67 Å². The topological polar surface area (TPSA) is 71.2 Å². The van der Waals surface area contributed by atoms with Crippen LogP contribution in [0.25, 0.3) is 11.0 Å². The van der Waals surface area contributed by atoms with Crippen molar-refractivity contribution in [2.24, 2.45) is 7.05 Å². The molecule has 0 spiro atoms. The Morgan fingerprint density at radius 3 is 2.74 bits per heavy atom. The van der Waals surface area contributed by atoms with Crippen LogP contribution in [0, 0.1) is 0 Å². The Morgan fingerprint density at radius 2 is 2.04 bits per heavy atom. The molecule has 0 radical (unpaired) electrons. The maximum Gasteiger partial charge on any atom is 0.265 e. The number of hydrogen-bond acceptors (Lipinski definition) is 5. The highest BCUT2D eigenvalue weighted by Gasteiger charge is 2.15. The third-order valence-corrected chi connectivity index (χ3v) is 4.15. The maximum atomic E-state index is 12.7. The Balaban J connectivity index is 2.10. The normalized spacial score (nSPS) is 11.0. The number of halogens is 1. The van der Waals surface area contributed by atoms with Crippen LogP contribution < -0.4 is 15.0 Å². The molecule has 0 N–H and O–H groups in total. The van der Waals surface area contributed by atoms with Crippen molar-refractivity contribution in [3.63, 3.8) is 0 Å². The number of hydrogen-bond donors (Lipinski definition) is 0. The number of rotatable bonds is 4. The molecule has 0 aliphatic carbocycles. The fourth-order valence-electron chi connectivity index (χ4n) is 2.44. The average Bonchev–Trinajstić information content (AvgIpc) is 2.84. The summed E-state index contributed by atoms with van der Waals surface area (Å²) in [5.41, 5.74) is 1.20. The summed E-state index contributed by atoms with van der Waals surface area (Å²) in [7, 11) is 4.93. The summed E-state index contributed by atoms with van der Waals surface area (Å²) < 4.78 is 14.2. The summed E-state index contributed by atoms with van der Waals surface area (Å²) in [6.07, 6.45) is 1.51. The van der Waals surface area contributed by atoms with Gasteiger partial charge in [0.05, 0.1) is 20.8 Å². The molecule has 0 bridgehead atoms. The fraction of sp³-hybridized carbons (Fsp3) is 0.267. The smallest absolute Gasteiger partial charge is 0.265 e. The van der Waals surface area contributed by atoms with E-state index in [0.717, 1.165) is 5.56 Å². The number of nitrogens with zero attached hydrogens (tertiary/aromatic N) is 4. The molecule has 3 aromatic rings. The van der Waals surface area contributed by atoms with Crippen molar-refractivity contribution in [2.75, 3.05) is 14.2 Å². The van der Waals surface area contributed by atoms with E-state index in [0.29, 0.717) is 33.7 Å². The van der Waals surface area contributed by atoms with Crippen molar-refractivity contribution in [1.29, 1.82) is 0 Å². The van der Waals surface area contributed by atoms with Crippen LogP contribution >= 0.6 is 15.9 Å². The van der Waals surface area contributed by atoms with Crippen LogP contribution in [-0.4, -0.2) is 33.6 Å². The first-order valence-corrected chi connectivity index (χ1v) is 7.63. The first-order valence-electron chi connectivity index (χ1n) is 6.83. The van der Waals surface area contributed by atoms with Gasteiger partial charge in [-0.3, -0.25) is 9.36 Å². The van der Waals surface area contributed by atoms with Gasteiger partial charge in [0.2, 0.25) is 0 Å². The Labute approximate surface area is 140 Å². The van der Waals surface area contributed by atoms with E-state index in [-0.39, 0.29) is 5.56 Å². The Hall–Kier alpha value is -2.35. The van der Waals surface area contributed by atoms with Crippen LogP contribution in [0.1, 0.15) is 5.56 Å². The zero-order chi connectivity index (χ0) is 16.6. The Morgan fingerprint density at radius 1 is 1.26 bits per heavy atom. The van der Waals surface area contributed by atoms with Gasteiger partial charge >= 0.3 is 0 Å². The molecule has 0 fully saturated rings. The van der Waals surface area contributed by atoms with Gasteiger partial charge in [0.25, 0.3) is 5.56 Å². The lowest BCUT2D eigenvalue weighted by molar-refractivity contribution is 0.397. The van der Waals surface area contributed by atoms with Gasteiger partial charge in [0.15, 0.2) is 5.65 Å². The maximum absolute atomic E-state index is 12.7. The van der Waals surface area contributed by atoms with E-state index in [4.69, 9.17) is 9.47 Å². The summed E-state index contributed by atoms with van der Waals surface area (Å²) in [6, 6.07) is 5.46. The Kier molecular flexibility index (Phi) is 4.08. The average molecular weight is 379 g/mol. The summed E-state index contributed by atoms with van der Waals surface area (Å²) in [5.74, 6) is 1.38. The predicted molar refractivity (Wildman–Crippen MR) is 89.1 cm³/mol. The van der Waals surface area contributed by atoms with Gasteiger partial charge in [-0.1, -0.05) is 0 Å². The molecule has 0 saturated heterocycles. The zero-order valence-electron chi connectivity index (χ0n) is 12.9. The molecular formula is C15H15BrN4O3. The van der Waals surface area contributed by atoms with E-state index in [1.54, 1.807) is 25.9 Å². The van der Waals surface area contributed by atoms with Crippen molar-refractivity contribution in [2.45, 2.75) is 6.54 Å². The Bertz CT molecular complexity index is 932. The minimum atomic E-state index is -0.167. The minimum absolute atomic E-state index is 0.167. The van der Waals surface area contributed by atoms with Crippen LogP contribution in [0.5, 0.6) is 11.5 Å². The molecular weight excluding hydrogens is 364 g/mol. The number of benzene rings is 1. The molecule has 8 heteroatoms. The van der Waals surface area contributed by atoms with Gasteiger partial charge < -0.3 is 9.47 Å². The second-order valence-electron chi connectivity index (χ2n) is 4.97. The van der Waals surface area contributed by atoms with E-state index in [9.17, 15) is 4.79 Å². The van der Waals surface area contributed by atoms with Crippen LogP contribution in [0.2, 0.25) is 0 Å². The highest BCUT2D eigenvalue weighted by molar-refractivity contribution is 9.10. The first-order chi connectivity index (χ1) is 11.0. The largest absolute Gasteiger partial charge is 0.497 e. The van der Waals surface area contributed by atoms with Crippen molar-refractivity contribution >= 4 is 27.0 Å². The van der Waals surface area contributed by atoms with Crippen LogP contribution in [0.3, 0.4) is 0 Å². The van der Waals surface area contributed by atoms with Crippen molar-refractivity contribution in [3.8, 4) is 11.5 Å². The number of ether oxygens (including phenoxy) is 2. The molecule has 120 valence electrons. The quantitative estimate of drug-likeness (QED) is 0.693. The molecule has 0 amide bonds. The number of aryl methyl sites for hydroxylation is 1. The number of methoxy groups -OCH3 is 2. The lowest BCUT2D eigenvalue weighted by Crippen LogP contribution is -2.21. The molecule has 3 rings (SSSR count). The molecule has 0 aliphatic heterocycles. The number of aromatic nitrogens is 4. The standard InChI is InChI=1S/C15H15BrN4O3/c1-19-14-12(13(16)18-19)15(21)20(8-17-14)7-9-6-10(22-2)4-5-11(9)23-3/h4-6,8H,7H2,1-3H3. The van der Waals surface area contributed by atoms with Crippen molar-refractivity contribution < 1.29 is 9.47 Å². The van der Waals surface area contributed by atoms with E-state index >= 15 is 0 Å². The molecule has 0 aliphatic rings. The second kappa shape index (κ2) is 6.04. The summed E-state index contributed by atoms with van der Waals surface area (Å²) in [6.45, 7) is 0.323. The monoisotopic (exact) mass is 378 g/mol. The molecule has 2 aromatic heterocycles. The zero-order valence-corrected chi connectivity index (χ0v) is 14.5. The van der Waals surface area contributed by atoms with E-state index < -0.39 is 0 Å². The van der Waals surface area contributed by atoms with E-state index in [1.807, 2.05) is 18.2 Å². The van der Waals surface area contributed by atoms with Crippen molar-refractivity contribution in [3.05, 3.63) is 45.0 Å². The first kappa shape index (κ1) is 15.5. The molecule has 0 atom stereocenters. The molecule has 0 unspecified atom stereocenters. The lowest BCUT2D eigenvalue weighted by Gasteiger charge is -2.11. The third-order valence-electron chi connectivity index (χ3n) is 3.60. The highest BCUT2D eigenvalue weighted by atomic mass is 79.9. The minimum Gasteiger partial charge on any atom is -0.497 e. The molecule has 2 heterocycles. The van der Waals surface area contributed by atoms with Gasteiger partial charge in [0, 0.05) is 12.6 Å². The molecule has 0 saturated carbocycles. The molecule has 7 nitrogen and oxygen atoms in total. The van der Waals surface area contributed by atoms with E-state index in [1.165, 1.54) is 10.9 Å².